The average molecular weight is 319 g/mol. The van der Waals surface area contributed by atoms with Gasteiger partial charge in [-0.05, 0) is 11.5 Å². The second-order valence-corrected chi connectivity index (χ2v) is 5.18. The fourth-order valence-corrected chi connectivity index (χ4v) is 2.68. The van der Waals surface area contributed by atoms with Crippen LogP contribution in [0.1, 0.15) is 6.92 Å². The van der Waals surface area contributed by atoms with Gasteiger partial charge in [0.1, 0.15) is 6.20 Å². The van der Waals surface area contributed by atoms with Crippen molar-refractivity contribution in [2.24, 2.45) is 0 Å². The molecular weight excluding hydrogens is 304 g/mol. The van der Waals surface area contributed by atoms with Crippen molar-refractivity contribution in [3.63, 3.8) is 0 Å². The predicted molar refractivity (Wildman–Crippen MR) is 76.3 cm³/mol. The van der Waals surface area contributed by atoms with Crippen molar-refractivity contribution in [3.8, 4) is 0 Å². The smallest absolute Gasteiger partial charge is 0.362 e. The van der Waals surface area contributed by atoms with Gasteiger partial charge in [0, 0.05) is 18.5 Å². The van der Waals surface area contributed by atoms with Crippen LogP contribution in [0.15, 0.2) is 11.6 Å². The molecule has 2 heterocycles. The Hall–Kier alpha value is -1.81. The summed E-state index contributed by atoms with van der Waals surface area (Å²) in [4.78, 5) is 16.8. The van der Waals surface area contributed by atoms with Crippen molar-refractivity contribution in [2.75, 3.05) is 31.5 Å². The number of thiazole rings is 1. The van der Waals surface area contributed by atoms with Crippen LogP contribution in [-0.4, -0.2) is 51.8 Å². The zero-order valence-electron chi connectivity index (χ0n) is 11.3. The number of nitrogens with zero attached hydrogens (tertiary/aromatic N) is 4. The number of likely N-dealkylation sites (N-methyl/N-ethyl adjacent to an activating group) is 1. The maximum absolute atomic E-state index is 12.3. The van der Waals surface area contributed by atoms with Crippen molar-refractivity contribution < 1.29 is 13.7 Å². The summed E-state index contributed by atoms with van der Waals surface area (Å²) in [5.74, 6) is 0.0307. The number of hydrogen-bond donors (Lipinski definition) is 1. The Morgan fingerprint density at radius 1 is 1.62 bits per heavy atom. The summed E-state index contributed by atoms with van der Waals surface area (Å²) in [6.07, 6.45) is -0.817. The average Bonchev–Trinajstić information content (AvgIpc) is 2.96. The van der Waals surface area contributed by atoms with E-state index in [4.69, 9.17) is 0 Å². The quantitative estimate of drug-likeness (QED) is 0.597. The normalized spacial score (nSPS) is 11.7. The van der Waals surface area contributed by atoms with E-state index < -0.39 is 11.3 Å². The fraction of sp³-hybridized carbons (Fsp3) is 0.545. The standard InChI is InChI=1S/C11H15F2N5O2S/c1-2-16(7-8(12)13)4-3-14-9-10(18(19)20)17-5-6-21-11(17)15-9/h5-6,8,14H,2-4,7H2,1H3. The number of fused-ring (bicyclic) bond motifs is 1. The Kier molecular flexibility index (Phi) is 5.02. The maximum Gasteiger partial charge on any atom is 0.372 e. The molecule has 0 saturated heterocycles. The van der Waals surface area contributed by atoms with E-state index >= 15 is 0 Å². The van der Waals surface area contributed by atoms with Crippen LogP contribution in [0.5, 0.6) is 0 Å². The van der Waals surface area contributed by atoms with Gasteiger partial charge in [-0.15, -0.1) is 0 Å². The van der Waals surface area contributed by atoms with E-state index in [1.807, 2.05) is 0 Å². The van der Waals surface area contributed by atoms with Crippen LogP contribution in [0.3, 0.4) is 0 Å². The number of nitro groups is 1. The fourth-order valence-electron chi connectivity index (χ4n) is 1.97. The van der Waals surface area contributed by atoms with Crippen LogP contribution in [0, 0.1) is 10.1 Å². The van der Waals surface area contributed by atoms with Gasteiger partial charge in [0.15, 0.2) is 0 Å². The van der Waals surface area contributed by atoms with Gasteiger partial charge in [0.05, 0.1) is 6.54 Å². The molecule has 0 aromatic carbocycles. The molecule has 2 rings (SSSR count). The Balaban J connectivity index is 2.01. The molecule has 0 aliphatic heterocycles. The summed E-state index contributed by atoms with van der Waals surface area (Å²) >= 11 is 1.29. The molecule has 2 aromatic rings. The number of imidazole rings is 1. The van der Waals surface area contributed by atoms with Crippen LogP contribution in [0.2, 0.25) is 0 Å². The van der Waals surface area contributed by atoms with Crippen molar-refractivity contribution in [1.82, 2.24) is 14.3 Å². The van der Waals surface area contributed by atoms with Crippen molar-refractivity contribution in [2.45, 2.75) is 13.3 Å². The molecule has 1 N–H and O–H groups in total. The first-order chi connectivity index (χ1) is 10.0. The van der Waals surface area contributed by atoms with E-state index in [0.717, 1.165) is 0 Å². The molecule has 0 aliphatic rings. The van der Waals surface area contributed by atoms with Crippen LogP contribution < -0.4 is 5.32 Å². The van der Waals surface area contributed by atoms with E-state index in [2.05, 4.69) is 10.3 Å². The van der Waals surface area contributed by atoms with Gasteiger partial charge in [0.2, 0.25) is 5.82 Å². The van der Waals surface area contributed by atoms with Gasteiger partial charge in [-0.2, -0.15) is 9.38 Å². The molecule has 0 saturated carbocycles. The van der Waals surface area contributed by atoms with Crippen molar-refractivity contribution >= 4 is 27.9 Å². The van der Waals surface area contributed by atoms with Gasteiger partial charge in [-0.25, -0.2) is 8.78 Å². The van der Waals surface area contributed by atoms with Gasteiger partial charge in [-0.3, -0.25) is 4.90 Å². The molecule has 10 heteroatoms. The minimum absolute atomic E-state index is 0.136. The lowest BCUT2D eigenvalue weighted by Gasteiger charge is -2.19. The van der Waals surface area contributed by atoms with Crippen LogP contribution in [0.25, 0.3) is 4.96 Å². The minimum atomic E-state index is -2.39. The van der Waals surface area contributed by atoms with E-state index in [0.29, 0.717) is 24.6 Å². The number of nitrogens with one attached hydrogen (secondary N) is 1. The summed E-state index contributed by atoms with van der Waals surface area (Å²) in [7, 11) is 0. The lowest BCUT2D eigenvalue weighted by Crippen LogP contribution is -2.33. The highest BCUT2D eigenvalue weighted by molar-refractivity contribution is 7.15. The summed E-state index contributed by atoms with van der Waals surface area (Å²) in [6, 6.07) is 0. The lowest BCUT2D eigenvalue weighted by atomic mass is 10.4. The first kappa shape index (κ1) is 15.6. The highest BCUT2D eigenvalue weighted by Gasteiger charge is 2.23. The molecule has 0 aliphatic carbocycles. The third-order valence-corrected chi connectivity index (χ3v) is 3.73. The highest BCUT2D eigenvalue weighted by atomic mass is 32.1. The topological polar surface area (TPSA) is 75.7 Å². The monoisotopic (exact) mass is 319 g/mol. The molecule has 0 radical (unpaired) electrons. The number of halogens is 2. The molecule has 21 heavy (non-hydrogen) atoms. The molecule has 0 bridgehead atoms. The number of anilines is 1. The summed E-state index contributed by atoms with van der Waals surface area (Å²) < 4.78 is 26.0. The van der Waals surface area contributed by atoms with Crippen molar-refractivity contribution in [1.29, 1.82) is 0 Å². The second-order valence-electron chi connectivity index (χ2n) is 4.31. The Bertz CT molecular complexity index is 615. The van der Waals surface area contributed by atoms with Crippen molar-refractivity contribution in [3.05, 3.63) is 21.7 Å². The third-order valence-electron chi connectivity index (χ3n) is 2.97. The van der Waals surface area contributed by atoms with Gasteiger partial charge in [-0.1, -0.05) is 18.3 Å². The first-order valence-electron chi connectivity index (χ1n) is 6.37. The first-order valence-corrected chi connectivity index (χ1v) is 7.25. The van der Waals surface area contributed by atoms with Gasteiger partial charge >= 0.3 is 5.82 Å². The summed E-state index contributed by atoms with van der Waals surface area (Å²) in [5, 5.41) is 15.7. The van der Waals surface area contributed by atoms with Crippen LogP contribution in [0.4, 0.5) is 20.4 Å². The van der Waals surface area contributed by atoms with Crippen LogP contribution in [-0.2, 0) is 0 Å². The highest BCUT2D eigenvalue weighted by Crippen LogP contribution is 2.27. The zero-order valence-corrected chi connectivity index (χ0v) is 12.1. The zero-order chi connectivity index (χ0) is 15.4. The molecule has 0 fully saturated rings. The van der Waals surface area contributed by atoms with E-state index in [-0.39, 0.29) is 18.2 Å². The Labute approximate surface area is 123 Å². The number of rotatable bonds is 8. The largest absolute Gasteiger partial charge is 0.372 e. The van der Waals surface area contributed by atoms with E-state index in [1.165, 1.54) is 15.7 Å². The number of alkyl halides is 2. The van der Waals surface area contributed by atoms with Gasteiger partial charge < -0.3 is 15.4 Å². The number of aromatic nitrogens is 2. The molecular formula is C11H15F2N5O2S. The number of hydrogen-bond acceptors (Lipinski definition) is 6. The molecule has 2 aromatic heterocycles. The lowest BCUT2D eigenvalue weighted by molar-refractivity contribution is -0.389. The van der Waals surface area contributed by atoms with Crippen LogP contribution >= 0.6 is 11.3 Å². The second kappa shape index (κ2) is 6.76. The summed E-state index contributed by atoms with van der Waals surface area (Å²) in [6.45, 7) is 2.65. The molecule has 0 spiro atoms. The Morgan fingerprint density at radius 2 is 2.38 bits per heavy atom. The molecule has 116 valence electrons. The Morgan fingerprint density at radius 3 is 3.00 bits per heavy atom. The molecule has 7 nitrogen and oxygen atoms in total. The summed E-state index contributed by atoms with van der Waals surface area (Å²) in [5.41, 5.74) is 0. The SMILES string of the molecule is CCN(CCNc1nc2sccn2c1[N+](=O)[O-])CC(F)F. The molecule has 0 amide bonds. The minimum Gasteiger partial charge on any atom is -0.362 e. The molecule has 0 atom stereocenters. The maximum atomic E-state index is 12.3. The van der Waals surface area contributed by atoms with E-state index in [9.17, 15) is 18.9 Å². The van der Waals surface area contributed by atoms with E-state index in [1.54, 1.807) is 23.4 Å². The van der Waals surface area contributed by atoms with Gasteiger partial charge in [0.25, 0.3) is 11.4 Å². The third kappa shape index (κ3) is 3.64. The molecule has 0 unspecified atom stereocenters. The predicted octanol–water partition coefficient (Wildman–Crippen LogP) is 2.30.